The lowest BCUT2D eigenvalue weighted by Gasteiger charge is -2.12. The summed E-state index contributed by atoms with van der Waals surface area (Å²) in [5.41, 5.74) is 1.19. The predicted molar refractivity (Wildman–Crippen MR) is 98.2 cm³/mol. The first kappa shape index (κ1) is 18.7. The fourth-order valence-corrected chi connectivity index (χ4v) is 2.97. The third-order valence-corrected chi connectivity index (χ3v) is 4.54. The van der Waals surface area contributed by atoms with Gasteiger partial charge in [-0.25, -0.2) is 0 Å². The number of benzene rings is 2. The van der Waals surface area contributed by atoms with Gasteiger partial charge in [-0.3, -0.25) is 9.00 Å². The van der Waals surface area contributed by atoms with Crippen LogP contribution in [0.2, 0.25) is 0 Å². The van der Waals surface area contributed by atoms with Crippen molar-refractivity contribution in [1.82, 2.24) is 0 Å². The molecule has 2 rings (SSSR count). The predicted octanol–water partition coefficient (Wildman–Crippen LogP) is 3.35. The topological polar surface area (TPSA) is 61.8 Å². The number of allylic oxidation sites excluding steroid dienone is 1. The molecule has 25 heavy (non-hydrogen) atoms. The molecule has 0 spiro atoms. The number of methoxy groups -OCH3 is 3. The minimum absolute atomic E-state index is 0.248. The SMILES string of the molecule is COc1ccc(C=CC(=O)c2cc(S(C)=O)c(OC)cc2OC)cc1. The zero-order valence-corrected chi connectivity index (χ0v) is 15.4. The molecule has 6 heteroatoms. The van der Waals surface area contributed by atoms with Crippen molar-refractivity contribution in [3.63, 3.8) is 0 Å². The molecule has 0 aliphatic carbocycles. The Morgan fingerprint density at radius 3 is 2.12 bits per heavy atom. The first-order valence-electron chi connectivity index (χ1n) is 7.46. The number of ketones is 1. The van der Waals surface area contributed by atoms with Gasteiger partial charge in [-0.1, -0.05) is 18.2 Å². The van der Waals surface area contributed by atoms with Crippen LogP contribution in [-0.2, 0) is 10.8 Å². The van der Waals surface area contributed by atoms with E-state index in [4.69, 9.17) is 14.2 Å². The average Bonchev–Trinajstić information content (AvgIpc) is 2.65. The normalized spacial score (nSPS) is 12.0. The first-order chi connectivity index (χ1) is 12.0. The molecule has 0 aliphatic rings. The van der Waals surface area contributed by atoms with Gasteiger partial charge in [0.1, 0.15) is 17.2 Å². The molecule has 1 unspecified atom stereocenters. The molecule has 0 amide bonds. The second kappa shape index (κ2) is 8.48. The van der Waals surface area contributed by atoms with Crippen LogP contribution in [0.5, 0.6) is 17.2 Å². The van der Waals surface area contributed by atoms with E-state index in [-0.39, 0.29) is 5.78 Å². The maximum Gasteiger partial charge on any atom is 0.189 e. The van der Waals surface area contributed by atoms with Crippen LogP contribution >= 0.6 is 0 Å². The maximum atomic E-state index is 12.6. The van der Waals surface area contributed by atoms with Gasteiger partial charge in [-0.15, -0.1) is 0 Å². The van der Waals surface area contributed by atoms with Crippen LogP contribution in [0.15, 0.2) is 47.4 Å². The second-order valence-corrected chi connectivity index (χ2v) is 6.48. The number of rotatable bonds is 7. The molecule has 0 bridgehead atoms. The van der Waals surface area contributed by atoms with Crippen LogP contribution in [-0.4, -0.2) is 37.6 Å². The van der Waals surface area contributed by atoms with Crippen LogP contribution in [0.3, 0.4) is 0 Å². The number of ether oxygens (including phenoxy) is 3. The zero-order chi connectivity index (χ0) is 18.4. The largest absolute Gasteiger partial charge is 0.497 e. The quantitative estimate of drug-likeness (QED) is 0.560. The Hall–Kier alpha value is -2.60. The Morgan fingerprint density at radius 2 is 1.60 bits per heavy atom. The molecular weight excluding hydrogens is 340 g/mol. The van der Waals surface area contributed by atoms with E-state index in [2.05, 4.69) is 0 Å². The molecule has 0 saturated carbocycles. The minimum Gasteiger partial charge on any atom is -0.497 e. The summed E-state index contributed by atoms with van der Waals surface area (Å²) in [4.78, 5) is 13.0. The van der Waals surface area contributed by atoms with Crippen LogP contribution in [0.1, 0.15) is 15.9 Å². The van der Waals surface area contributed by atoms with E-state index in [9.17, 15) is 9.00 Å². The third kappa shape index (κ3) is 4.48. The fourth-order valence-electron chi connectivity index (χ4n) is 2.26. The van der Waals surface area contributed by atoms with Gasteiger partial charge in [0.15, 0.2) is 5.78 Å². The first-order valence-corrected chi connectivity index (χ1v) is 9.02. The Labute approximate surface area is 149 Å². The highest BCUT2D eigenvalue weighted by atomic mass is 32.2. The van der Waals surface area contributed by atoms with E-state index in [1.807, 2.05) is 24.3 Å². The van der Waals surface area contributed by atoms with E-state index in [0.29, 0.717) is 22.0 Å². The van der Waals surface area contributed by atoms with Gasteiger partial charge < -0.3 is 14.2 Å². The monoisotopic (exact) mass is 360 g/mol. The van der Waals surface area contributed by atoms with E-state index >= 15 is 0 Å². The van der Waals surface area contributed by atoms with E-state index < -0.39 is 10.8 Å². The summed E-state index contributed by atoms with van der Waals surface area (Å²) < 4.78 is 27.5. The number of carbonyl (C=O) groups is 1. The van der Waals surface area contributed by atoms with Gasteiger partial charge in [0.05, 0.1) is 42.6 Å². The summed E-state index contributed by atoms with van der Waals surface area (Å²) in [5.74, 6) is 1.29. The summed E-state index contributed by atoms with van der Waals surface area (Å²) in [5, 5.41) is 0. The van der Waals surface area contributed by atoms with Gasteiger partial charge in [-0.2, -0.15) is 0 Å². The summed E-state index contributed by atoms with van der Waals surface area (Å²) in [7, 11) is 3.26. The molecule has 132 valence electrons. The van der Waals surface area contributed by atoms with E-state index in [1.165, 1.54) is 26.6 Å². The summed E-state index contributed by atoms with van der Waals surface area (Å²) in [6.07, 6.45) is 4.69. The molecular formula is C19H20O5S. The fraction of sp³-hybridized carbons (Fsp3) is 0.211. The molecule has 0 radical (unpaired) electrons. The van der Waals surface area contributed by atoms with Crippen LogP contribution < -0.4 is 14.2 Å². The molecule has 2 aromatic carbocycles. The van der Waals surface area contributed by atoms with E-state index in [1.54, 1.807) is 25.3 Å². The van der Waals surface area contributed by atoms with E-state index in [0.717, 1.165) is 11.3 Å². The van der Waals surface area contributed by atoms with Gasteiger partial charge in [0.2, 0.25) is 0 Å². The van der Waals surface area contributed by atoms with Crippen molar-refractivity contribution in [3.8, 4) is 17.2 Å². The van der Waals surface area contributed by atoms with Crippen molar-refractivity contribution in [2.24, 2.45) is 0 Å². The lowest BCUT2D eigenvalue weighted by Crippen LogP contribution is -2.03. The molecule has 0 saturated heterocycles. The summed E-state index contributed by atoms with van der Waals surface area (Å²) >= 11 is 0. The zero-order valence-electron chi connectivity index (χ0n) is 14.6. The van der Waals surface area contributed by atoms with Crippen LogP contribution in [0.25, 0.3) is 6.08 Å². The molecule has 5 nitrogen and oxygen atoms in total. The Balaban J connectivity index is 2.35. The molecule has 0 N–H and O–H groups in total. The van der Waals surface area contributed by atoms with Crippen molar-refractivity contribution >= 4 is 22.7 Å². The lowest BCUT2D eigenvalue weighted by atomic mass is 10.1. The van der Waals surface area contributed by atoms with Crippen molar-refractivity contribution in [3.05, 3.63) is 53.6 Å². The number of carbonyl (C=O) groups excluding carboxylic acids is 1. The molecule has 1 atom stereocenters. The molecule has 0 fully saturated rings. The lowest BCUT2D eigenvalue weighted by molar-refractivity contribution is 0.104. The van der Waals surface area contributed by atoms with Crippen molar-refractivity contribution in [2.45, 2.75) is 4.90 Å². The highest BCUT2D eigenvalue weighted by molar-refractivity contribution is 7.84. The Kier molecular flexibility index (Phi) is 6.36. The van der Waals surface area contributed by atoms with Crippen LogP contribution in [0.4, 0.5) is 0 Å². The van der Waals surface area contributed by atoms with Crippen molar-refractivity contribution in [2.75, 3.05) is 27.6 Å². The molecule has 0 heterocycles. The number of hydrogen-bond acceptors (Lipinski definition) is 5. The standard InChI is InChI=1S/C19H20O5S/c1-22-14-8-5-13(6-9-14)7-10-16(20)15-11-19(25(4)21)18(24-3)12-17(15)23-2/h5-12H,1-4H3. The van der Waals surface area contributed by atoms with Gasteiger partial charge in [0.25, 0.3) is 0 Å². The minimum atomic E-state index is -1.29. The Morgan fingerprint density at radius 1 is 0.960 bits per heavy atom. The second-order valence-electron chi connectivity index (χ2n) is 5.13. The van der Waals surface area contributed by atoms with Gasteiger partial charge in [-0.05, 0) is 29.8 Å². The smallest absolute Gasteiger partial charge is 0.189 e. The van der Waals surface area contributed by atoms with Crippen LogP contribution in [0, 0.1) is 0 Å². The summed E-state index contributed by atoms with van der Waals surface area (Å²) in [6.45, 7) is 0. The highest BCUT2D eigenvalue weighted by Gasteiger charge is 2.17. The van der Waals surface area contributed by atoms with Crippen molar-refractivity contribution < 1.29 is 23.2 Å². The maximum absolute atomic E-state index is 12.6. The molecule has 0 aromatic heterocycles. The highest BCUT2D eigenvalue weighted by Crippen LogP contribution is 2.31. The molecule has 0 aliphatic heterocycles. The average molecular weight is 360 g/mol. The Bertz CT molecular complexity index is 809. The van der Waals surface area contributed by atoms with Crippen molar-refractivity contribution in [1.29, 1.82) is 0 Å². The van der Waals surface area contributed by atoms with Gasteiger partial charge in [0, 0.05) is 12.3 Å². The van der Waals surface area contributed by atoms with Gasteiger partial charge >= 0.3 is 0 Å². The molecule has 2 aromatic rings. The summed E-state index contributed by atoms with van der Waals surface area (Å²) in [6, 6.07) is 10.5. The number of hydrogen-bond donors (Lipinski definition) is 0. The third-order valence-electron chi connectivity index (χ3n) is 3.60.